The van der Waals surface area contributed by atoms with Gasteiger partial charge in [0.15, 0.2) is 5.69 Å². The molecular weight excluding hydrogens is 485 g/mol. The van der Waals surface area contributed by atoms with Gasteiger partial charge >= 0.3 is 6.09 Å². The van der Waals surface area contributed by atoms with Crippen molar-refractivity contribution in [2.45, 2.75) is 50.2 Å². The molecule has 0 bridgehead atoms. The zero-order valence-corrected chi connectivity index (χ0v) is 21.6. The summed E-state index contributed by atoms with van der Waals surface area (Å²) in [6, 6.07) is 16.0. The highest BCUT2D eigenvalue weighted by Gasteiger charge is 2.35. The molecule has 9 heteroatoms. The van der Waals surface area contributed by atoms with Crippen LogP contribution in [0.4, 0.5) is 9.18 Å². The normalized spacial score (nSPS) is 21.6. The van der Waals surface area contributed by atoms with Crippen LogP contribution in [-0.4, -0.2) is 65.3 Å². The molecule has 8 nitrogen and oxygen atoms in total. The van der Waals surface area contributed by atoms with Crippen LogP contribution in [0.1, 0.15) is 47.8 Å². The van der Waals surface area contributed by atoms with Crippen molar-refractivity contribution in [3.05, 3.63) is 78.0 Å². The first-order valence-electron chi connectivity index (χ1n) is 13.3. The fraction of sp³-hybridized carbons (Fsp3) is 0.414. The van der Waals surface area contributed by atoms with Gasteiger partial charge in [0.25, 0.3) is 5.91 Å². The van der Waals surface area contributed by atoms with Gasteiger partial charge < -0.3 is 24.8 Å². The monoisotopic (exact) mass is 519 g/mol. The van der Waals surface area contributed by atoms with Gasteiger partial charge in [-0.05, 0) is 37.0 Å². The largest absolute Gasteiger partial charge is 0.453 e. The molecule has 2 fully saturated rings. The SMILES string of the molecule is COC(=O)N[C@H]1CCCC[C@@H]1n1cnc(C(=O)N2CCNC[C@H]2Cc2ccccc2)c1-c1cccc(F)c1. The summed E-state index contributed by atoms with van der Waals surface area (Å²) in [6.45, 7) is 1.94. The average molecular weight is 520 g/mol. The first kappa shape index (κ1) is 25.9. The number of nitrogens with one attached hydrogen (secondary N) is 2. The second-order valence-corrected chi connectivity index (χ2v) is 10.00. The molecule has 2 amide bonds. The van der Waals surface area contributed by atoms with Crippen LogP contribution in [0.2, 0.25) is 0 Å². The van der Waals surface area contributed by atoms with Crippen molar-refractivity contribution >= 4 is 12.0 Å². The molecule has 1 saturated carbocycles. The number of methoxy groups -OCH3 is 1. The molecule has 2 aliphatic rings. The average Bonchev–Trinajstić information content (AvgIpc) is 3.39. The Balaban J connectivity index is 1.52. The number of rotatable bonds is 6. The van der Waals surface area contributed by atoms with Gasteiger partial charge in [-0.3, -0.25) is 4.79 Å². The zero-order valence-electron chi connectivity index (χ0n) is 21.6. The number of imidazole rings is 1. The number of aromatic nitrogens is 2. The number of hydrogen-bond acceptors (Lipinski definition) is 5. The lowest BCUT2D eigenvalue weighted by Gasteiger charge is -2.36. The lowest BCUT2D eigenvalue weighted by molar-refractivity contribution is 0.0631. The van der Waals surface area contributed by atoms with Crippen molar-refractivity contribution in [3.8, 4) is 11.3 Å². The number of halogens is 1. The quantitative estimate of drug-likeness (QED) is 0.510. The van der Waals surface area contributed by atoms with Gasteiger partial charge in [-0.2, -0.15) is 0 Å². The first-order valence-corrected chi connectivity index (χ1v) is 13.3. The van der Waals surface area contributed by atoms with Gasteiger partial charge in [-0.25, -0.2) is 14.2 Å². The minimum absolute atomic E-state index is 0.0346. The Bertz CT molecular complexity index is 1260. The van der Waals surface area contributed by atoms with Crippen molar-refractivity contribution in [1.29, 1.82) is 0 Å². The molecule has 2 aromatic carbocycles. The second-order valence-electron chi connectivity index (χ2n) is 10.00. The maximum Gasteiger partial charge on any atom is 0.407 e. The second kappa shape index (κ2) is 11.8. The van der Waals surface area contributed by atoms with E-state index in [0.717, 1.165) is 37.7 Å². The maximum absolute atomic E-state index is 14.4. The summed E-state index contributed by atoms with van der Waals surface area (Å²) in [6.07, 6.45) is 5.43. The molecule has 38 heavy (non-hydrogen) atoms. The lowest BCUT2D eigenvalue weighted by Crippen LogP contribution is -2.54. The molecule has 0 unspecified atom stereocenters. The van der Waals surface area contributed by atoms with Crippen LogP contribution < -0.4 is 10.6 Å². The summed E-state index contributed by atoms with van der Waals surface area (Å²) in [4.78, 5) is 32.7. The highest BCUT2D eigenvalue weighted by atomic mass is 19.1. The van der Waals surface area contributed by atoms with Gasteiger partial charge in [0, 0.05) is 31.2 Å². The Morgan fingerprint density at radius 1 is 1.13 bits per heavy atom. The van der Waals surface area contributed by atoms with Crippen molar-refractivity contribution in [2.75, 3.05) is 26.7 Å². The fourth-order valence-electron chi connectivity index (χ4n) is 5.75. The van der Waals surface area contributed by atoms with Gasteiger partial charge in [0.1, 0.15) is 5.82 Å². The smallest absolute Gasteiger partial charge is 0.407 e. The van der Waals surface area contributed by atoms with E-state index in [4.69, 9.17) is 4.74 Å². The molecule has 5 rings (SSSR count). The van der Waals surface area contributed by atoms with E-state index in [-0.39, 0.29) is 29.8 Å². The van der Waals surface area contributed by atoms with E-state index in [1.807, 2.05) is 27.7 Å². The fourth-order valence-corrected chi connectivity index (χ4v) is 5.75. The number of hydrogen-bond donors (Lipinski definition) is 2. The zero-order chi connectivity index (χ0) is 26.5. The Hall–Kier alpha value is -3.72. The standard InChI is InChI=1S/C29H34FN5O3/c1-38-29(37)33-24-12-5-6-13-25(24)35-19-32-26(27(35)21-10-7-11-22(30)17-21)28(36)34-15-14-31-18-23(34)16-20-8-3-2-4-9-20/h2-4,7-11,17,19,23-25,31H,5-6,12-16,18H2,1H3,(H,33,37)/t23-,24+,25+/m1/s1. The Labute approximate surface area is 222 Å². The first-order chi connectivity index (χ1) is 18.5. The van der Waals surface area contributed by atoms with E-state index < -0.39 is 6.09 Å². The minimum Gasteiger partial charge on any atom is -0.453 e. The third kappa shape index (κ3) is 5.57. The molecule has 2 N–H and O–H groups in total. The lowest BCUT2D eigenvalue weighted by atomic mass is 9.89. The summed E-state index contributed by atoms with van der Waals surface area (Å²) >= 11 is 0. The minimum atomic E-state index is -0.491. The molecule has 200 valence electrons. The number of amides is 2. The Kier molecular flexibility index (Phi) is 8.03. The predicted molar refractivity (Wildman–Crippen MR) is 142 cm³/mol. The molecule has 1 aliphatic heterocycles. The van der Waals surface area contributed by atoms with E-state index >= 15 is 0 Å². The van der Waals surface area contributed by atoms with E-state index in [0.29, 0.717) is 36.6 Å². The molecule has 0 spiro atoms. The topological polar surface area (TPSA) is 88.5 Å². The third-order valence-corrected chi connectivity index (χ3v) is 7.60. The number of ether oxygens (including phenoxy) is 1. The molecule has 3 atom stereocenters. The Morgan fingerprint density at radius 3 is 2.74 bits per heavy atom. The number of benzene rings is 2. The molecule has 1 aliphatic carbocycles. The van der Waals surface area contributed by atoms with Crippen LogP contribution in [0, 0.1) is 5.82 Å². The van der Waals surface area contributed by atoms with E-state index in [9.17, 15) is 14.0 Å². The van der Waals surface area contributed by atoms with Crippen LogP contribution >= 0.6 is 0 Å². The Morgan fingerprint density at radius 2 is 1.95 bits per heavy atom. The van der Waals surface area contributed by atoms with Crippen LogP contribution in [0.15, 0.2) is 60.9 Å². The molecule has 3 aromatic rings. The third-order valence-electron chi connectivity index (χ3n) is 7.60. The van der Waals surface area contributed by atoms with E-state index in [1.165, 1.54) is 19.2 Å². The van der Waals surface area contributed by atoms with Crippen molar-refractivity contribution in [2.24, 2.45) is 0 Å². The van der Waals surface area contributed by atoms with E-state index in [2.05, 4.69) is 27.8 Å². The van der Waals surface area contributed by atoms with Gasteiger partial charge in [-0.15, -0.1) is 0 Å². The number of piperazine rings is 1. The van der Waals surface area contributed by atoms with Crippen LogP contribution in [0.25, 0.3) is 11.3 Å². The van der Waals surface area contributed by atoms with Crippen molar-refractivity contribution in [3.63, 3.8) is 0 Å². The summed E-state index contributed by atoms with van der Waals surface area (Å²) in [7, 11) is 1.35. The number of nitrogens with zero attached hydrogens (tertiary/aromatic N) is 3. The number of alkyl carbamates (subject to hydrolysis) is 1. The summed E-state index contributed by atoms with van der Waals surface area (Å²) in [5, 5.41) is 6.37. The summed E-state index contributed by atoms with van der Waals surface area (Å²) < 4.78 is 21.2. The van der Waals surface area contributed by atoms with Crippen molar-refractivity contribution in [1.82, 2.24) is 25.1 Å². The van der Waals surface area contributed by atoms with Crippen molar-refractivity contribution < 1.29 is 18.7 Å². The molecule has 2 heterocycles. The van der Waals surface area contributed by atoms with Crippen LogP contribution in [-0.2, 0) is 11.2 Å². The van der Waals surface area contributed by atoms with Gasteiger partial charge in [0.05, 0.1) is 31.2 Å². The van der Waals surface area contributed by atoms with Gasteiger partial charge in [0.2, 0.25) is 0 Å². The molecule has 1 aromatic heterocycles. The predicted octanol–water partition coefficient (Wildman–Crippen LogP) is 4.19. The highest BCUT2D eigenvalue weighted by Crippen LogP contribution is 2.35. The number of carbonyl (C=O) groups excluding carboxylic acids is 2. The summed E-state index contributed by atoms with van der Waals surface area (Å²) in [5.74, 6) is -0.551. The van der Waals surface area contributed by atoms with E-state index in [1.54, 1.807) is 18.5 Å². The maximum atomic E-state index is 14.4. The summed E-state index contributed by atoms with van der Waals surface area (Å²) in [5.41, 5.74) is 2.63. The van der Waals surface area contributed by atoms with Crippen LogP contribution in [0.3, 0.4) is 0 Å². The molecule has 0 radical (unpaired) electrons. The number of carbonyl (C=O) groups is 2. The van der Waals surface area contributed by atoms with Crippen LogP contribution in [0.5, 0.6) is 0 Å². The highest BCUT2D eigenvalue weighted by molar-refractivity contribution is 5.98. The van der Waals surface area contributed by atoms with Gasteiger partial charge in [-0.1, -0.05) is 55.3 Å². The molecule has 1 saturated heterocycles. The molecular formula is C29H34FN5O3.